The van der Waals surface area contributed by atoms with E-state index in [1.165, 1.54) is 12.1 Å². The fraction of sp³-hybridized carbons (Fsp3) is 0.210. The van der Waals surface area contributed by atoms with Gasteiger partial charge in [0.25, 0.3) is 23.6 Å². The van der Waals surface area contributed by atoms with Gasteiger partial charge in [0.15, 0.2) is 0 Å². The smallest absolute Gasteiger partial charge is 0.416 e. The third-order valence-corrected chi connectivity index (χ3v) is 20.2. The minimum Gasteiger partial charge on any atom is -0.494 e. The van der Waals surface area contributed by atoms with Gasteiger partial charge in [0.1, 0.15) is 45.8 Å². The molecule has 0 saturated carbocycles. The number of alkyl halides is 3. The molecular formula is C81H79BrClF3N8O16S4. The Morgan fingerprint density at radius 2 is 0.623 bits per heavy atom. The number of halogens is 5. The van der Waals surface area contributed by atoms with E-state index in [-0.39, 0.29) is 29.4 Å². The van der Waals surface area contributed by atoms with Crippen LogP contribution in [0.1, 0.15) is 95.5 Å². The van der Waals surface area contributed by atoms with Crippen LogP contribution in [0.4, 0.5) is 13.2 Å². The molecule has 0 fully saturated rings. The number of hydrogen-bond donors (Lipinski definition) is 8. The highest BCUT2D eigenvalue weighted by Crippen LogP contribution is 2.33. The van der Waals surface area contributed by atoms with Gasteiger partial charge in [-0.25, -0.2) is 52.6 Å². The van der Waals surface area contributed by atoms with Crippen LogP contribution in [0.25, 0.3) is 54.4 Å². The summed E-state index contributed by atoms with van der Waals surface area (Å²) >= 11 is 9.23. The van der Waals surface area contributed by atoms with E-state index in [0.29, 0.717) is 98.8 Å². The highest BCUT2D eigenvalue weighted by Gasteiger charge is 2.30. The zero-order valence-electron chi connectivity index (χ0n) is 61.7. The average Bonchev–Trinajstić information content (AvgIpc) is 1.65. The number of aromatic nitrogens is 4. The molecule has 0 aliphatic heterocycles. The molecule has 24 nitrogen and oxygen atoms in total. The highest BCUT2D eigenvalue weighted by atomic mass is 79.9. The van der Waals surface area contributed by atoms with Crippen LogP contribution in [0.5, 0.6) is 23.0 Å². The Hall–Kier alpha value is -11.2. The van der Waals surface area contributed by atoms with E-state index < -0.39 is 75.5 Å². The molecule has 4 amide bonds. The van der Waals surface area contributed by atoms with Crippen LogP contribution in [0, 0.1) is 0 Å². The number of rotatable bonds is 28. The van der Waals surface area contributed by atoms with Crippen LogP contribution >= 0.6 is 27.5 Å². The molecule has 114 heavy (non-hydrogen) atoms. The number of para-hydroxylation sites is 4. The summed E-state index contributed by atoms with van der Waals surface area (Å²) < 4.78 is 161. The molecule has 13 rings (SSSR count). The van der Waals surface area contributed by atoms with Gasteiger partial charge in [0, 0.05) is 53.1 Å². The number of aryl methyl sites for hydroxylation is 4. The highest BCUT2D eigenvalue weighted by molar-refractivity contribution is 9.10. The molecular weight excluding hydrogens is 1640 g/mol. The SMILES string of the molecule is CS(=O)(=O)NC(=O)c1[nH]c2ccccc2c1CCCOc1ccc(Br)cc1.CS(=O)(=O)NC(=O)c1[nH]c2ccccc2c1CCCOc1ccc(C(F)(F)F)cc1.CS(=O)(=O)NC(=O)c1[nH]c2ccccc2c1CCCOc1ccc(Cl)cc1.CS(=O)(=O)NC(=O)c1[nH]c2ccccc2c1CCCOc1ccc2ccccc2c1. The number of sulfonamides is 4. The van der Waals surface area contributed by atoms with Crippen LogP contribution in [0.15, 0.2) is 217 Å². The molecule has 8 N–H and O–H groups in total. The molecule has 9 aromatic carbocycles. The maximum absolute atomic E-state index is 12.6. The quantitative estimate of drug-likeness (QED) is 0.0211. The van der Waals surface area contributed by atoms with Crippen molar-refractivity contribution in [1.82, 2.24) is 38.8 Å². The van der Waals surface area contributed by atoms with Crippen LogP contribution in [-0.4, -0.2) is 129 Å². The molecule has 13 aromatic rings. The van der Waals surface area contributed by atoms with Crippen molar-refractivity contribution in [2.45, 2.75) is 57.5 Å². The predicted molar refractivity (Wildman–Crippen MR) is 439 cm³/mol. The minimum atomic E-state index is -4.41. The van der Waals surface area contributed by atoms with Crippen LogP contribution in [0.3, 0.4) is 0 Å². The van der Waals surface area contributed by atoms with Gasteiger partial charge in [-0.2, -0.15) is 13.2 Å². The van der Waals surface area contributed by atoms with Crippen LogP contribution < -0.4 is 37.8 Å². The molecule has 0 unspecified atom stereocenters. The van der Waals surface area contributed by atoms with Crippen molar-refractivity contribution in [3.63, 3.8) is 0 Å². The van der Waals surface area contributed by atoms with Gasteiger partial charge in [-0.1, -0.05) is 131 Å². The number of aromatic amines is 4. The second kappa shape index (κ2) is 38.1. The number of carbonyl (C=O) groups excluding carboxylic acids is 4. The van der Waals surface area contributed by atoms with Crippen molar-refractivity contribution in [2.75, 3.05) is 51.5 Å². The van der Waals surface area contributed by atoms with Crippen molar-refractivity contribution >= 4 is 146 Å². The number of fused-ring (bicyclic) bond motifs is 5. The van der Waals surface area contributed by atoms with E-state index in [1.54, 1.807) is 42.5 Å². The average molecular weight is 1720 g/mol. The Labute approximate surface area is 669 Å². The Bertz CT molecular complexity index is 5910. The monoisotopic (exact) mass is 1720 g/mol. The first-order valence-corrected chi connectivity index (χ1v) is 44.0. The van der Waals surface area contributed by atoms with Gasteiger partial charge in [-0.15, -0.1) is 0 Å². The first-order chi connectivity index (χ1) is 54.1. The molecule has 0 spiro atoms. The summed E-state index contributed by atoms with van der Waals surface area (Å²) in [5, 5.41) is 6.40. The van der Waals surface area contributed by atoms with Crippen molar-refractivity contribution in [3.05, 3.63) is 272 Å². The summed E-state index contributed by atoms with van der Waals surface area (Å²) in [6, 6.07) is 62.8. The Balaban J connectivity index is 0.000000161. The van der Waals surface area contributed by atoms with E-state index in [0.717, 1.165) is 119 Å². The standard InChI is InChI=1S/C23H22N2O4S.C20H19F3N2O4S.C19H19BrN2O4S.C19H19ClN2O4S/c1-30(27,28)25-23(26)22-20(19-9-4-5-11-21(19)24-22)10-6-14-29-18-13-12-16-7-2-3-8-17(16)15-18;1-30(27,28)25-19(26)18-16(15-5-2-3-7-17(15)24-18)6-4-12-29-14-10-8-13(9-11-14)20(21,22)23;2*1-27(24,25)22-19(23)18-16(15-5-2-3-7-17(15)21-18)6-4-12-26-14-10-8-13(20)9-11-14/h2-5,7-9,11-13,15,24H,6,10,14H2,1H3,(H,25,26);2-3,5,7-11,24H,4,6,12H2,1H3,(H,25,26);2*2-3,5,7-11,21H,4,6,12H2,1H3,(H,22,23). The summed E-state index contributed by atoms with van der Waals surface area (Å²) in [6.07, 6.45) is 3.94. The van der Waals surface area contributed by atoms with Gasteiger partial charge >= 0.3 is 6.18 Å². The third-order valence-electron chi connectivity index (χ3n) is 17.2. The normalized spacial score (nSPS) is 11.7. The van der Waals surface area contributed by atoms with Crippen LogP contribution in [-0.2, 0) is 72.0 Å². The van der Waals surface area contributed by atoms with E-state index in [4.69, 9.17) is 30.5 Å². The van der Waals surface area contributed by atoms with Gasteiger partial charge in [-0.3, -0.25) is 19.2 Å². The fourth-order valence-corrected chi connectivity index (χ4v) is 14.5. The fourth-order valence-electron chi connectivity index (χ4n) is 12.3. The van der Waals surface area contributed by atoms with E-state index >= 15 is 0 Å². The molecule has 0 saturated heterocycles. The molecule has 4 heterocycles. The zero-order chi connectivity index (χ0) is 82.0. The van der Waals surface area contributed by atoms with Crippen LogP contribution in [0.2, 0.25) is 5.02 Å². The minimum absolute atomic E-state index is 0.149. The van der Waals surface area contributed by atoms with Crippen molar-refractivity contribution in [2.24, 2.45) is 0 Å². The molecule has 0 aliphatic carbocycles. The molecule has 4 aromatic heterocycles. The Kier molecular flexibility index (Phi) is 28.5. The molecule has 0 atom stereocenters. The lowest BCUT2D eigenvalue weighted by molar-refractivity contribution is -0.137. The van der Waals surface area contributed by atoms with E-state index in [1.807, 2.05) is 158 Å². The van der Waals surface area contributed by atoms with Crippen molar-refractivity contribution in [3.8, 4) is 23.0 Å². The molecule has 0 radical (unpaired) electrons. The lowest BCUT2D eigenvalue weighted by atomic mass is 10.1. The molecule has 33 heteroatoms. The number of amides is 4. The summed E-state index contributed by atoms with van der Waals surface area (Å²) in [5.74, 6) is -0.147. The summed E-state index contributed by atoms with van der Waals surface area (Å²) in [7, 11) is -14.7. The first-order valence-electron chi connectivity index (χ1n) is 35.3. The molecule has 0 bridgehead atoms. The lowest BCUT2D eigenvalue weighted by Crippen LogP contribution is -2.30. The maximum atomic E-state index is 12.6. The number of carbonyl (C=O) groups is 4. The largest absolute Gasteiger partial charge is 0.494 e. The number of benzene rings is 9. The van der Waals surface area contributed by atoms with Crippen molar-refractivity contribution < 1.29 is 85.0 Å². The predicted octanol–water partition coefficient (Wildman–Crippen LogP) is 15.1. The maximum Gasteiger partial charge on any atom is 0.416 e. The summed E-state index contributed by atoms with van der Waals surface area (Å²) in [6.45, 7) is 1.62. The number of H-pyrrole nitrogens is 4. The third kappa shape index (κ3) is 24.9. The van der Waals surface area contributed by atoms with Gasteiger partial charge in [0.05, 0.1) is 57.0 Å². The Morgan fingerprint density at radius 3 is 0.930 bits per heavy atom. The zero-order valence-corrected chi connectivity index (χ0v) is 67.4. The van der Waals surface area contributed by atoms with Crippen molar-refractivity contribution in [1.29, 1.82) is 0 Å². The van der Waals surface area contributed by atoms with Gasteiger partial charge in [0.2, 0.25) is 40.1 Å². The second-order valence-electron chi connectivity index (χ2n) is 26.2. The number of nitrogens with one attached hydrogen (secondary N) is 8. The topological polar surface area (TPSA) is 353 Å². The second-order valence-corrected chi connectivity index (χ2v) is 34.5. The molecule has 0 aliphatic rings. The molecule has 598 valence electrons. The lowest BCUT2D eigenvalue weighted by Gasteiger charge is -2.10. The number of ether oxygens (including phenoxy) is 4. The summed E-state index contributed by atoms with van der Waals surface area (Å²) in [5.41, 5.74) is 6.23. The first kappa shape index (κ1) is 85.3. The van der Waals surface area contributed by atoms with Gasteiger partial charge < -0.3 is 38.9 Å². The number of hydrogen-bond acceptors (Lipinski definition) is 16. The van der Waals surface area contributed by atoms with E-state index in [9.17, 15) is 66.0 Å². The Morgan fingerprint density at radius 1 is 0.360 bits per heavy atom. The van der Waals surface area contributed by atoms with E-state index in [2.05, 4.69) is 41.9 Å². The van der Waals surface area contributed by atoms with Gasteiger partial charge in [-0.05, 0) is 194 Å². The summed E-state index contributed by atoms with van der Waals surface area (Å²) in [4.78, 5) is 61.6.